The Kier molecular flexibility index (Phi) is 6.02. The second kappa shape index (κ2) is 8.00. The second-order valence-corrected chi connectivity index (χ2v) is 6.28. The molecule has 21 heavy (non-hydrogen) atoms. The number of thiazole rings is 1. The fourth-order valence-electron chi connectivity index (χ4n) is 1.81. The van der Waals surface area contributed by atoms with Gasteiger partial charge >= 0.3 is 0 Å². The van der Waals surface area contributed by atoms with E-state index in [2.05, 4.69) is 20.6 Å². The molecular weight excluding hydrogens is 304 g/mol. The van der Waals surface area contributed by atoms with E-state index < -0.39 is 0 Å². The molecule has 112 valence electrons. The molecule has 0 radical (unpaired) electrons. The fraction of sp³-hybridized carbons (Fsp3) is 0.333. The number of nitrogens with zero attached hydrogens (tertiary/aromatic N) is 2. The lowest BCUT2D eigenvalue weighted by Gasteiger charge is -2.10. The molecule has 1 aromatic carbocycles. The Bertz CT molecular complexity index is 609. The van der Waals surface area contributed by atoms with Gasteiger partial charge in [0.05, 0.1) is 18.1 Å². The van der Waals surface area contributed by atoms with Crippen molar-refractivity contribution >= 4 is 28.9 Å². The van der Waals surface area contributed by atoms with Gasteiger partial charge in [0, 0.05) is 22.6 Å². The van der Waals surface area contributed by atoms with Crippen molar-refractivity contribution in [1.82, 2.24) is 15.6 Å². The predicted molar refractivity (Wildman–Crippen MR) is 90.0 cm³/mol. The van der Waals surface area contributed by atoms with Crippen molar-refractivity contribution in [2.75, 3.05) is 6.54 Å². The maximum atomic E-state index is 5.98. The van der Waals surface area contributed by atoms with Crippen LogP contribution in [0.5, 0.6) is 0 Å². The van der Waals surface area contributed by atoms with Gasteiger partial charge in [-0.2, -0.15) is 0 Å². The first-order valence-electron chi connectivity index (χ1n) is 6.85. The number of aromatic nitrogens is 1. The van der Waals surface area contributed by atoms with Crippen molar-refractivity contribution in [1.29, 1.82) is 0 Å². The lowest BCUT2D eigenvalue weighted by atomic mass is 10.2. The summed E-state index contributed by atoms with van der Waals surface area (Å²) in [4.78, 5) is 10.0. The van der Waals surface area contributed by atoms with Gasteiger partial charge in [-0.25, -0.2) is 9.98 Å². The number of aliphatic imine (C=N–C) groups is 1. The molecule has 2 rings (SSSR count). The van der Waals surface area contributed by atoms with Crippen LogP contribution in [-0.2, 0) is 13.1 Å². The largest absolute Gasteiger partial charge is 0.357 e. The molecular formula is C15H19ClN4S. The zero-order chi connectivity index (χ0) is 15.1. The van der Waals surface area contributed by atoms with E-state index in [0.717, 1.165) is 34.6 Å². The molecule has 0 aliphatic carbocycles. The zero-order valence-corrected chi connectivity index (χ0v) is 13.8. The highest BCUT2D eigenvalue weighted by Crippen LogP contribution is 2.12. The Balaban J connectivity index is 1.95. The third-order valence-corrected chi connectivity index (χ3v) is 3.90. The third-order valence-electron chi connectivity index (χ3n) is 2.75. The average molecular weight is 323 g/mol. The molecule has 6 heteroatoms. The number of benzene rings is 1. The van der Waals surface area contributed by atoms with Crippen molar-refractivity contribution in [3.8, 4) is 0 Å². The van der Waals surface area contributed by atoms with Crippen LogP contribution in [0.4, 0.5) is 0 Å². The van der Waals surface area contributed by atoms with Gasteiger partial charge < -0.3 is 10.6 Å². The number of nitrogens with one attached hydrogen (secondary N) is 2. The minimum atomic E-state index is 0.595. The summed E-state index contributed by atoms with van der Waals surface area (Å²) in [6.45, 7) is 6.20. The third kappa shape index (κ3) is 5.36. The van der Waals surface area contributed by atoms with Crippen molar-refractivity contribution in [2.45, 2.75) is 26.9 Å². The number of aryl methyl sites for hydroxylation is 1. The molecule has 0 aliphatic heterocycles. The van der Waals surface area contributed by atoms with Crippen molar-refractivity contribution < 1.29 is 0 Å². The number of rotatable bonds is 5. The summed E-state index contributed by atoms with van der Waals surface area (Å²) >= 11 is 7.67. The van der Waals surface area contributed by atoms with Crippen LogP contribution >= 0.6 is 22.9 Å². The van der Waals surface area contributed by atoms with Crippen LogP contribution in [0.3, 0.4) is 0 Å². The number of hydrogen-bond donors (Lipinski definition) is 2. The van der Waals surface area contributed by atoms with E-state index >= 15 is 0 Å². The Morgan fingerprint density at radius 1 is 1.38 bits per heavy atom. The smallest absolute Gasteiger partial charge is 0.191 e. The number of halogens is 1. The van der Waals surface area contributed by atoms with Gasteiger partial charge in [0.15, 0.2) is 5.96 Å². The van der Waals surface area contributed by atoms with Crippen LogP contribution < -0.4 is 10.6 Å². The minimum Gasteiger partial charge on any atom is -0.357 e. The zero-order valence-electron chi connectivity index (χ0n) is 12.2. The first kappa shape index (κ1) is 15.8. The van der Waals surface area contributed by atoms with Crippen molar-refractivity contribution in [2.24, 2.45) is 4.99 Å². The summed E-state index contributed by atoms with van der Waals surface area (Å²) < 4.78 is 0. The highest BCUT2D eigenvalue weighted by Gasteiger charge is 2.01. The van der Waals surface area contributed by atoms with E-state index in [1.165, 1.54) is 4.88 Å². The summed E-state index contributed by atoms with van der Waals surface area (Å²) in [5, 5.41) is 8.36. The number of guanidine groups is 1. The monoisotopic (exact) mass is 322 g/mol. The maximum absolute atomic E-state index is 5.98. The summed E-state index contributed by atoms with van der Waals surface area (Å²) in [6.07, 6.45) is 1.90. The van der Waals surface area contributed by atoms with E-state index in [1.807, 2.05) is 44.3 Å². The first-order chi connectivity index (χ1) is 10.2. The summed E-state index contributed by atoms with van der Waals surface area (Å²) in [7, 11) is 0. The van der Waals surface area contributed by atoms with E-state index in [9.17, 15) is 0 Å². The molecule has 0 aliphatic rings. The summed E-state index contributed by atoms with van der Waals surface area (Å²) in [5.41, 5.74) is 1.09. The maximum Gasteiger partial charge on any atom is 0.191 e. The van der Waals surface area contributed by atoms with Crippen LogP contribution in [0.2, 0.25) is 5.02 Å². The van der Waals surface area contributed by atoms with Crippen LogP contribution in [0.15, 0.2) is 35.5 Å². The molecule has 0 fully saturated rings. The first-order valence-corrected chi connectivity index (χ1v) is 8.04. The van der Waals surface area contributed by atoms with Gasteiger partial charge in [0.25, 0.3) is 0 Å². The van der Waals surface area contributed by atoms with Crippen LogP contribution in [-0.4, -0.2) is 17.5 Å². The van der Waals surface area contributed by atoms with Gasteiger partial charge in [-0.1, -0.05) is 23.7 Å². The van der Waals surface area contributed by atoms with Crippen LogP contribution in [0, 0.1) is 6.92 Å². The standard InChI is InChI=1S/C15H19ClN4S/c1-3-17-15(20-10-14-9-18-11(2)21-14)19-8-12-5-4-6-13(16)7-12/h4-7,9H,3,8,10H2,1-2H3,(H2,17,19,20). The molecule has 0 unspecified atom stereocenters. The van der Waals surface area contributed by atoms with Gasteiger partial charge in [-0.15, -0.1) is 11.3 Å². The molecule has 0 atom stereocenters. The molecule has 2 aromatic rings. The normalized spacial score (nSPS) is 11.5. The SMILES string of the molecule is CCNC(=NCc1cccc(Cl)c1)NCc1cnc(C)s1. The van der Waals surface area contributed by atoms with Gasteiger partial charge in [-0.3, -0.25) is 0 Å². The quantitative estimate of drug-likeness (QED) is 0.655. The molecule has 0 spiro atoms. The molecule has 0 bridgehead atoms. The Labute approximate surface area is 134 Å². The molecule has 0 saturated carbocycles. The highest BCUT2D eigenvalue weighted by molar-refractivity contribution is 7.11. The Hall–Kier alpha value is -1.59. The topological polar surface area (TPSA) is 49.3 Å². The minimum absolute atomic E-state index is 0.595. The van der Waals surface area contributed by atoms with Crippen molar-refractivity contribution in [3.05, 3.63) is 50.9 Å². The molecule has 1 heterocycles. The van der Waals surface area contributed by atoms with Crippen molar-refractivity contribution in [3.63, 3.8) is 0 Å². The highest BCUT2D eigenvalue weighted by atomic mass is 35.5. The summed E-state index contributed by atoms with van der Waals surface area (Å²) in [6, 6.07) is 7.75. The van der Waals surface area contributed by atoms with Gasteiger partial charge in [0.1, 0.15) is 0 Å². The fourth-order valence-corrected chi connectivity index (χ4v) is 2.75. The van der Waals surface area contributed by atoms with E-state index in [0.29, 0.717) is 6.54 Å². The van der Waals surface area contributed by atoms with Gasteiger partial charge in [0.2, 0.25) is 0 Å². The van der Waals surface area contributed by atoms with E-state index in [-0.39, 0.29) is 0 Å². The molecule has 0 amide bonds. The number of hydrogen-bond acceptors (Lipinski definition) is 3. The van der Waals surface area contributed by atoms with E-state index in [4.69, 9.17) is 11.6 Å². The predicted octanol–water partition coefficient (Wildman–Crippen LogP) is 3.36. The van der Waals surface area contributed by atoms with Gasteiger partial charge in [-0.05, 0) is 31.5 Å². The molecule has 2 N–H and O–H groups in total. The Morgan fingerprint density at radius 2 is 2.24 bits per heavy atom. The molecule has 1 aromatic heterocycles. The molecule has 0 saturated heterocycles. The lowest BCUT2D eigenvalue weighted by molar-refractivity contribution is 0.822. The summed E-state index contributed by atoms with van der Waals surface area (Å²) in [5.74, 6) is 0.795. The second-order valence-electron chi connectivity index (χ2n) is 4.52. The van der Waals surface area contributed by atoms with E-state index in [1.54, 1.807) is 11.3 Å². The average Bonchev–Trinajstić information content (AvgIpc) is 2.88. The molecule has 4 nitrogen and oxygen atoms in total. The lowest BCUT2D eigenvalue weighted by Crippen LogP contribution is -2.36. The van der Waals surface area contributed by atoms with Crippen LogP contribution in [0.25, 0.3) is 0 Å². The van der Waals surface area contributed by atoms with Crippen LogP contribution in [0.1, 0.15) is 22.4 Å². The Morgan fingerprint density at radius 3 is 2.90 bits per heavy atom.